The smallest absolute Gasteiger partial charge is 0.227 e. The Morgan fingerprint density at radius 3 is 2.68 bits per heavy atom. The Kier molecular flexibility index (Phi) is 4.28. The van der Waals surface area contributed by atoms with Gasteiger partial charge in [-0.1, -0.05) is 6.92 Å². The lowest BCUT2D eigenvalue weighted by Crippen LogP contribution is -2.05. The molecule has 0 fully saturated rings. The third-order valence-electron chi connectivity index (χ3n) is 2.68. The Labute approximate surface area is 113 Å². The van der Waals surface area contributed by atoms with Crippen LogP contribution in [0.2, 0.25) is 0 Å². The zero-order valence-corrected chi connectivity index (χ0v) is 11.5. The number of pyridine rings is 1. The van der Waals surface area contributed by atoms with Gasteiger partial charge in [-0.05, 0) is 32.4 Å². The van der Waals surface area contributed by atoms with Crippen LogP contribution in [-0.2, 0) is 0 Å². The van der Waals surface area contributed by atoms with Gasteiger partial charge in [-0.25, -0.2) is 9.97 Å². The van der Waals surface area contributed by atoms with Crippen molar-refractivity contribution in [2.75, 3.05) is 11.9 Å². The quantitative estimate of drug-likeness (QED) is 0.893. The van der Waals surface area contributed by atoms with Crippen LogP contribution in [0.1, 0.15) is 24.6 Å². The van der Waals surface area contributed by atoms with E-state index in [4.69, 9.17) is 4.74 Å². The van der Waals surface area contributed by atoms with Gasteiger partial charge in [-0.2, -0.15) is 0 Å². The molecule has 100 valence electrons. The van der Waals surface area contributed by atoms with E-state index in [2.05, 4.69) is 27.2 Å². The number of aromatic nitrogens is 3. The molecule has 2 aromatic rings. The zero-order chi connectivity index (χ0) is 13.7. The Morgan fingerprint density at radius 2 is 2.00 bits per heavy atom. The van der Waals surface area contributed by atoms with Crippen molar-refractivity contribution < 1.29 is 4.74 Å². The van der Waals surface area contributed by atoms with Crippen molar-refractivity contribution in [2.45, 2.75) is 27.2 Å². The molecule has 5 heteroatoms. The average molecular weight is 258 g/mol. The zero-order valence-electron chi connectivity index (χ0n) is 11.5. The molecule has 0 bridgehead atoms. The van der Waals surface area contributed by atoms with E-state index in [0.717, 1.165) is 30.0 Å². The molecule has 0 aliphatic carbocycles. The van der Waals surface area contributed by atoms with Crippen LogP contribution in [0.4, 0.5) is 5.82 Å². The van der Waals surface area contributed by atoms with Crippen LogP contribution in [-0.4, -0.2) is 21.5 Å². The van der Waals surface area contributed by atoms with Gasteiger partial charge < -0.3 is 10.1 Å². The Balaban J connectivity index is 2.18. The van der Waals surface area contributed by atoms with E-state index >= 15 is 0 Å². The van der Waals surface area contributed by atoms with Crippen molar-refractivity contribution in [3.8, 4) is 11.6 Å². The fourth-order valence-corrected chi connectivity index (χ4v) is 1.58. The summed E-state index contributed by atoms with van der Waals surface area (Å²) in [6, 6.07) is 3.78. The second-order valence-corrected chi connectivity index (χ2v) is 4.32. The van der Waals surface area contributed by atoms with Gasteiger partial charge in [0.1, 0.15) is 17.9 Å². The summed E-state index contributed by atoms with van der Waals surface area (Å²) >= 11 is 0. The third-order valence-corrected chi connectivity index (χ3v) is 2.68. The molecular formula is C14H18N4O. The van der Waals surface area contributed by atoms with Crippen LogP contribution in [0.5, 0.6) is 11.6 Å². The van der Waals surface area contributed by atoms with Crippen molar-refractivity contribution in [2.24, 2.45) is 0 Å². The van der Waals surface area contributed by atoms with Gasteiger partial charge in [-0.15, -0.1) is 0 Å². The van der Waals surface area contributed by atoms with Gasteiger partial charge in [0.05, 0.1) is 11.8 Å². The van der Waals surface area contributed by atoms with Gasteiger partial charge in [0.2, 0.25) is 5.88 Å². The first-order chi connectivity index (χ1) is 9.20. The Hall–Kier alpha value is -2.17. The predicted molar refractivity (Wildman–Crippen MR) is 74.6 cm³/mol. The number of hydrogen-bond donors (Lipinski definition) is 1. The van der Waals surface area contributed by atoms with Crippen LogP contribution in [0.3, 0.4) is 0 Å². The highest BCUT2D eigenvalue weighted by Crippen LogP contribution is 2.25. The molecule has 19 heavy (non-hydrogen) atoms. The molecule has 0 saturated heterocycles. The molecule has 0 aromatic carbocycles. The minimum Gasteiger partial charge on any atom is -0.437 e. The minimum atomic E-state index is 0.555. The lowest BCUT2D eigenvalue weighted by molar-refractivity contribution is 0.455. The number of aryl methyl sites for hydroxylation is 1. The predicted octanol–water partition coefficient (Wildman–Crippen LogP) is 3.10. The van der Waals surface area contributed by atoms with E-state index < -0.39 is 0 Å². The van der Waals surface area contributed by atoms with E-state index in [1.807, 2.05) is 26.0 Å². The third kappa shape index (κ3) is 3.40. The molecule has 0 amide bonds. The van der Waals surface area contributed by atoms with Crippen molar-refractivity contribution >= 4 is 5.82 Å². The summed E-state index contributed by atoms with van der Waals surface area (Å²) in [5.41, 5.74) is 1.86. The summed E-state index contributed by atoms with van der Waals surface area (Å²) in [5.74, 6) is 2.04. The number of nitrogens with one attached hydrogen (secondary N) is 1. The van der Waals surface area contributed by atoms with Crippen LogP contribution >= 0.6 is 0 Å². The first-order valence-corrected chi connectivity index (χ1v) is 6.36. The topological polar surface area (TPSA) is 59.9 Å². The Bertz CT molecular complexity index is 540. The summed E-state index contributed by atoms with van der Waals surface area (Å²) in [4.78, 5) is 12.6. The number of hydrogen-bond acceptors (Lipinski definition) is 5. The first kappa shape index (κ1) is 13.3. The molecule has 0 radical (unpaired) electrons. The lowest BCUT2D eigenvalue weighted by Gasteiger charge is -2.11. The SMILES string of the molecule is CCCNc1ncnc(Oc2ccc(C)nc2)c1C. The second kappa shape index (κ2) is 6.13. The van der Waals surface area contributed by atoms with Gasteiger partial charge in [0, 0.05) is 12.2 Å². The van der Waals surface area contributed by atoms with Crippen LogP contribution in [0.25, 0.3) is 0 Å². The highest BCUT2D eigenvalue weighted by atomic mass is 16.5. The van der Waals surface area contributed by atoms with Crippen LogP contribution in [0, 0.1) is 13.8 Å². The van der Waals surface area contributed by atoms with Crippen LogP contribution in [0.15, 0.2) is 24.7 Å². The second-order valence-electron chi connectivity index (χ2n) is 4.32. The van der Waals surface area contributed by atoms with E-state index in [-0.39, 0.29) is 0 Å². The standard InChI is InChI=1S/C14H18N4O/c1-4-7-15-13-11(3)14(18-9-17-13)19-12-6-5-10(2)16-8-12/h5-6,8-9H,4,7H2,1-3H3,(H,15,17,18). The van der Waals surface area contributed by atoms with Gasteiger partial charge in [-0.3, -0.25) is 4.98 Å². The molecule has 2 heterocycles. The number of ether oxygens (including phenoxy) is 1. The molecule has 0 aliphatic heterocycles. The molecule has 0 unspecified atom stereocenters. The average Bonchev–Trinajstić information content (AvgIpc) is 2.42. The summed E-state index contributed by atoms with van der Waals surface area (Å²) in [6.45, 7) is 6.86. The molecule has 2 aromatic heterocycles. The Morgan fingerprint density at radius 1 is 1.16 bits per heavy atom. The first-order valence-electron chi connectivity index (χ1n) is 6.36. The monoisotopic (exact) mass is 258 g/mol. The van der Waals surface area contributed by atoms with Gasteiger partial charge in [0.15, 0.2) is 0 Å². The largest absolute Gasteiger partial charge is 0.437 e. The maximum absolute atomic E-state index is 5.73. The summed E-state index contributed by atoms with van der Waals surface area (Å²) in [5, 5.41) is 3.25. The van der Waals surface area contributed by atoms with Crippen molar-refractivity contribution in [1.82, 2.24) is 15.0 Å². The fraction of sp³-hybridized carbons (Fsp3) is 0.357. The highest BCUT2D eigenvalue weighted by Gasteiger charge is 2.08. The minimum absolute atomic E-state index is 0.555. The van der Waals surface area contributed by atoms with E-state index in [9.17, 15) is 0 Å². The summed E-state index contributed by atoms with van der Waals surface area (Å²) in [7, 11) is 0. The van der Waals surface area contributed by atoms with Crippen molar-refractivity contribution in [3.05, 3.63) is 35.9 Å². The highest BCUT2D eigenvalue weighted by molar-refractivity contribution is 5.48. The number of rotatable bonds is 5. The lowest BCUT2D eigenvalue weighted by atomic mass is 10.3. The van der Waals surface area contributed by atoms with Crippen molar-refractivity contribution in [3.63, 3.8) is 0 Å². The molecule has 0 saturated carbocycles. The normalized spacial score (nSPS) is 10.3. The molecule has 0 atom stereocenters. The van der Waals surface area contributed by atoms with Gasteiger partial charge >= 0.3 is 0 Å². The fourth-order valence-electron chi connectivity index (χ4n) is 1.58. The van der Waals surface area contributed by atoms with E-state index in [1.165, 1.54) is 6.33 Å². The number of anilines is 1. The molecular weight excluding hydrogens is 240 g/mol. The molecule has 0 aliphatic rings. The maximum Gasteiger partial charge on any atom is 0.227 e. The van der Waals surface area contributed by atoms with Gasteiger partial charge in [0.25, 0.3) is 0 Å². The maximum atomic E-state index is 5.73. The summed E-state index contributed by atoms with van der Waals surface area (Å²) < 4.78 is 5.73. The molecule has 0 spiro atoms. The van der Waals surface area contributed by atoms with E-state index in [0.29, 0.717) is 11.6 Å². The number of nitrogens with zero attached hydrogens (tertiary/aromatic N) is 3. The summed E-state index contributed by atoms with van der Waals surface area (Å²) in [6.07, 6.45) is 4.24. The molecule has 5 nitrogen and oxygen atoms in total. The van der Waals surface area contributed by atoms with E-state index in [1.54, 1.807) is 6.20 Å². The molecule has 1 N–H and O–H groups in total. The molecule has 2 rings (SSSR count). The van der Waals surface area contributed by atoms with Crippen LogP contribution < -0.4 is 10.1 Å². The van der Waals surface area contributed by atoms with Crippen molar-refractivity contribution in [1.29, 1.82) is 0 Å².